The Morgan fingerprint density at radius 2 is 1.86 bits per heavy atom. The lowest BCUT2D eigenvalue weighted by Gasteiger charge is -2.31. The molecule has 8 heteroatoms. The van der Waals surface area contributed by atoms with Crippen molar-refractivity contribution < 1.29 is 13.6 Å². The molecular weight excluding hydrogens is 490 g/mol. The Morgan fingerprint density at radius 3 is 2.65 bits per heavy atom. The topological polar surface area (TPSA) is 51.0 Å². The number of carbonyl (C=O) groups is 1. The van der Waals surface area contributed by atoms with Crippen LogP contribution in [0.25, 0.3) is 10.9 Å². The molecule has 1 aromatic carbocycles. The molecule has 0 atom stereocenters. The molecule has 0 bridgehead atoms. The maximum atomic E-state index is 14.6. The normalized spacial score (nSPS) is 22.9. The van der Waals surface area contributed by atoms with E-state index in [0.717, 1.165) is 78.7 Å². The standard InChI is InChI=1S/C29H36F2N4OS/c1-34-17-23-22(3-2-4-24(23)33-34)26(36)15-20-7-5-19(6-8-20)11-13-35-14-12-27-25(18-35)32-28(37-27)29(30,31)16-21-9-10-21/h2-4,17,19-21H,5-16,18H2,1H3. The molecule has 37 heavy (non-hydrogen) atoms. The van der Waals surface area contributed by atoms with Gasteiger partial charge in [0.15, 0.2) is 10.8 Å². The first-order valence-electron chi connectivity index (χ1n) is 13.9. The predicted octanol–water partition coefficient (Wildman–Crippen LogP) is 6.75. The number of hydrogen-bond donors (Lipinski definition) is 0. The van der Waals surface area contributed by atoms with Gasteiger partial charge in [0.25, 0.3) is 5.92 Å². The van der Waals surface area contributed by atoms with Gasteiger partial charge in [-0.1, -0.05) is 25.0 Å². The molecule has 0 N–H and O–H groups in total. The van der Waals surface area contributed by atoms with Crippen LogP contribution in [0.15, 0.2) is 24.4 Å². The summed E-state index contributed by atoms with van der Waals surface area (Å²) in [5.74, 6) is -1.20. The van der Waals surface area contributed by atoms with Gasteiger partial charge in [0.1, 0.15) is 0 Å². The largest absolute Gasteiger partial charge is 0.299 e. The molecule has 3 aromatic rings. The van der Waals surface area contributed by atoms with Crippen LogP contribution < -0.4 is 0 Å². The van der Waals surface area contributed by atoms with Crippen molar-refractivity contribution in [1.82, 2.24) is 19.7 Å². The molecule has 3 aliphatic rings. The highest BCUT2D eigenvalue weighted by atomic mass is 32.1. The zero-order chi connectivity index (χ0) is 25.6. The first kappa shape index (κ1) is 25.1. The second-order valence-electron chi connectivity index (χ2n) is 11.6. The summed E-state index contributed by atoms with van der Waals surface area (Å²) in [7, 11) is 1.89. The number of halogens is 2. The van der Waals surface area contributed by atoms with Crippen molar-refractivity contribution in [2.45, 2.75) is 76.7 Å². The number of carbonyl (C=O) groups excluding carboxylic acids is 1. The van der Waals surface area contributed by atoms with E-state index in [1.54, 1.807) is 4.68 Å². The smallest absolute Gasteiger partial charge is 0.297 e. The minimum atomic E-state index is -2.77. The minimum absolute atomic E-state index is 0.0312. The lowest BCUT2D eigenvalue weighted by molar-refractivity contribution is -0.0192. The van der Waals surface area contributed by atoms with Crippen molar-refractivity contribution in [2.24, 2.45) is 24.8 Å². The Kier molecular flexibility index (Phi) is 6.90. The number of benzene rings is 1. The van der Waals surface area contributed by atoms with Crippen LogP contribution in [0.1, 0.15) is 83.7 Å². The Labute approximate surface area is 221 Å². The second-order valence-corrected chi connectivity index (χ2v) is 12.7. The summed E-state index contributed by atoms with van der Waals surface area (Å²) in [6.45, 7) is 2.64. The van der Waals surface area contributed by atoms with Gasteiger partial charge >= 0.3 is 0 Å². The number of aromatic nitrogens is 3. The van der Waals surface area contributed by atoms with Gasteiger partial charge in [-0.05, 0) is 68.9 Å². The summed E-state index contributed by atoms with van der Waals surface area (Å²) in [5.41, 5.74) is 2.56. The summed E-state index contributed by atoms with van der Waals surface area (Å²) < 4.78 is 31.0. The molecule has 1 aliphatic heterocycles. The molecule has 2 fully saturated rings. The van der Waals surface area contributed by atoms with Crippen molar-refractivity contribution >= 4 is 28.0 Å². The Morgan fingerprint density at radius 1 is 1.11 bits per heavy atom. The molecule has 2 aromatic heterocycles. The fraction of sp³-hybridized carbons (Fsp3) is 0.621. The predicted molar refractivity (Wildman–Crippen MR) is 142 cm³/mol. The van der Waals surface area contributed by atoms with E-state index in [1.807, 2.05) is 31.4 Å². The molecule has 0 spiro atoms. The van der Waals surface area contributed by atoms with E-state index in [4.69, 9.17) is 0 Å². The maximum Gasteiger partial charge on any atom is 0.299 e. The summed E-state index contributed by atoms with van der Waals surface area (Å²) in [6.07, 6.45) is 10.9. The van der Waals surface area contributed by atoms with E-state index in [0.29, 0.717) is 24.8 Å². The Balaban J connectivity index is 0.966. The van der Waals surface area contributed by atoms with Gasteiger partial charge in [-0.3, -0.25) is 14.4 Å². The van der Waals surface area contributed by atoms with Gasteiger partial charge in [0.05, 0.1) is 11.2 Å². The number of alkyl halides is 2. The molecule has 0 unspecified atom stereocenters. The van der Waals surface area contributed by atoms with Crippen LogP contribution in [0.5, 0.6) is 0 Å². The van der Waals surface area contributed by atoms with Gasteiger partial charge in [-0.2, -0.15) is 13.9 Å². The highest BCUT2D eigenvalue weighted by Crippen LogP contribution is 2.46. The summed E-state index contributed by atoms with van der Waals surface area (Å²) in [5, 5.41) is 5.42. The van der Waals surface area contributed by atoms with Crippen LogP contribution in [-0.4, -0.2) is 38.5 Å². The van der Waals surface area contributed by atoms with Gasteiger partial charge in [-0.15, -0.1) is 11.3 Å². The molecule has 0 radical (unpaired) electrons. The van der Waals surface area contributed by atoms with E-state index < -0.39 is 5.92 Å². The van der Waals surface area contributed by atoms with E-state index in [1.165, 1.54) is 24.2 Å². The average Bonchev–Trinajstić information content (AvgIpc) is 3.42. The highest BCUT2D eigenvalue weighted by Gasteiger charge is 2.42. The van der Waals surface area contributed by atoms with Crippen molar-refractivity contribution in [1.29, 1.82) is 0 Å². The number of thiazole rings is 1. The third-order valence-electron chi connectivity index (χ3n) is 8.62. The molecular formula is C29H36F2N4OS. The molecule has 198 valence electrons. The monoisotopic (exact) mass is 526 g/mol. The number of fused-ring (bicyclic) bond motifs is 2. The Bertz CT molecular complexity index is 1270. The third-order valence-corrected chi connectivity index (χ3v) is 9.89. The summed E-state index contributed by atoms with van der Waals surface area (Å²) in [6, 6.07) is 5.81. The van der Waals surface area contributed by atoms with E-state index >= 15 is 0 Å². The number of rotatable bonds is 9. The highest BCUT2D eigenvalue weighted by molar-refractivity contribution is 7.11. The molecule has 0 amide bonds. The molecule has 6 rings (SSSR count). The molecule has 2 aliphatic carbocycles. The lowest BCUT2D eigenvalue weighted by Crippen LogP contribution is -2.32. The van der Waals surface area contributed by atoms with Crippen LogP contribution in [0.4, 0.5) is 8.78 Å². The van der Waals surface area contributed by atoms with Crippen LogP contribution in [0.2, 0.25) is 0 Å². The second kappa shape index (κ2) is 10.2. The SMILES string of the molecule is Cn1cc2c(C(=O)CC3CCC(CCN4CCc5sc(C(F)(F)CC6CC6)nc5C4)CC3)cccc2n1. The molecule has 3 heterocycles. The number of nitrogens with zero attached hydrogens (tertiary/aromatic N) is 4. The lowest BCUT2D eigenvalue weighted by atomic mass is 9.78. The molecule has 5 nitrogen and oxygen atoms in total. The number of Topliss-reactive ketones (excluding diaryl/α,β-unsaturated/α-hetero) is 1. The van der Waals surface area contributed by atoms with Crippen molar-refractivity contribution in [3.05, 3.63) is 45.5 Å². The van der Waals surface area contributed by atoms with Gasteiger partial charge in [-0.25, -0.2) is 4.98 Å². The third kappa shape index (κ3) is 5.65. The van der Waals surface area contributed by atoms with Gasteiger partial charge < -0.3 is 0 Å². The van der Waals surface area contributed by atoms with Crippen molar-refractivity contribution in [2.75, 3.05) is 13.1 Å². The zero-order valence-electron chi connectivity index (χ0n) is 21.6. The fourth-order valence-corrected chi connectivity index (χ4v) is 7.28. The quantitative estimate of drug-likeness (QED) is 0.290. The first-order chi connectivity index (χ1) is 17.8. The van der Waals surface area contributed by atoms with Crippen LogP contribution in [0.3, 0.4) is 0 Å². The van der Waals surface area contributed by atoms with Crippen LogP contribution >= 0.6 is 11.3 Å². The van der Waals surface area contributed by atoms with E-state index in [2.05, 4.69) is 15.0 Å². The van der Waals surface area contributed by atoms with E-state index in [-0.39, 0.29) is 23.1 Å². The first-order valence-corrected chi connectivity index (χ1v) is 14.7. The van der Waals surface area contributed by atoms with Crippen LogP contribution in [0, 0.1) is 17.8 Å². The summed E-state index contributed by atoms with van der Waals surface area (Å²) >= 11 is 1.25. The zero-order valence-corrected chi connectivity index (χ0v) is 22.4. The number of hydrogen-bond acceptors (Lipinski definition) is 5. The Hall–Kier alpha value is -2.19. The fourth-order valence-electron chi connectivity index (χ4n) is 6.24. The number of ketones is 1. The van der Waals surface area contributed by atoms with Crippen molar-refractivity contribution in [3.8, 4) is 0 Å². The van der Waals surface area contributed by atoms with Gasteiger partial charge in [0, 0.05) is 55.0 Å². The minimum Gasteiger partial charge on any atom is -0.297 e. The summed E-state index contributed by atoms with van der Waals surface area (Å²) in [4.78, 5) is 21.0. The molecule has 0 saturated heterocycles. The average molecular weight is 527 g/mol. The van der Waals surface area contributed by atoms with Crippen molar-refractivity contribution in [3.63, 3.8) is 0 Å². The van der Waals surface area contributed by atoms with Crippen LogP contribution in [-0.2, 0) is 25.9 Å². The van der Waals surface area contributed by atoms with E-state index in [9.17, 15) is 13.6 Å². The number of aryl methyl sites for hydroxylation is 1. The molecule has 2 saturated carbocycles. The maximum absolute atomic E-state index is 14.6. The van der Waals surface area contributed by atoms with Gasteiger partial charge in [0.2, 0.25) is 0 Å².